The fourth-order valence-electron chi connectivity index (χ4n) is 1.41. The summed E-state index contributed by atoms with van der Waals surface area (Å²) >= 11 is 0. The van der Waals surface area contributed by atoms with Gasteiger partial charge < -0.3 is 10.1 Å². The highest BCUT2D eigenvalue weighted by molar-refractivity contribution is 7.90. The zero-order valence-electron chi connectivity index (χ0n) is 10.3. The molecule has 0 saturated carbocycles. The number of sulfone groups is 1. The van der Waals surface area contributed by atoms with Gasteiger partial charge in [0.05, 0.1) is 12.4 Å². The quantitative estimate of drug-likeness (QED) is 0.739. The monoisotopic (exact) mass is 257 g/mol. The molecule has 0 atom stereocenters. The van der Waals surface area contributed by atoms with Crippen molar-refractivity contribution in [2.45, 2.75) is 13.2 Å². The lowest BCUT2D eigenvalue weighted by Gasteiger charge is -2.05. The van der Waals surface area contributed by atoms with Crippen molar-refractivity contribution < 1.29 is 13.2 Å². The van der Waals surface area contributed by atoms with E-state index in [0.29, 0.717) is 19.7 Å². The number of hydrogen-bond acceptors (Lipinski definition) is 4. The molecule has 0 fully saturated rings. The van der Waals surface area contributed by atoms with E-state index in [0.717, 1.165) is 11.1 Å². The second kappa shape index (κ2) is 6.74. The average Bonchev–Trinajstić information content (AvgIpc) is 2.26. The number of benzene rings is 1. The summed E-state index contributed by atoms with van der Waals surface area (Å²) in [6, 6.07) is 8.05. The van der Waals surface area contributed by atoms with Gasteiger partial charge in [-0.3, -0.25) is 0 Å². The van der Waals surface area contributed by atoms with Gasteiger partial charge in [-0.05, 0) is 11.1 Å². The molecule has 0 amide bonds. The van der Waals surface area contributed by atoms with E-state index >= 15 is 0 Å². The van der Waals surface area contributed by atoms with Crippen molar-refractivity contribution in [1.29, 1.82) is 0 Å². The molecule has 0 aliphatic carbocycles. The smallest absolute Gasteiger partial charge is 0.148 e. The van der Waals surface area contributed by atoms with Gasteiger partial charge in [0.15, 0.2) is 0 Å². The maximum Gasteiger partial charge on any atom is 0.148 e. The van der Waals surface area contributed by atoms with Crippen molar-refractivity contribution in [2.75, 3.05) is 25.7 Å². The molecule has 5 heteroatoms. The van der Waals surface area contributed by atoms with E-state index in [1.807, 2.05) is 24.3 Å². The molecule has 0 heterocycles. The van der Waals surface area contributed by atoms with Crippen molar-refractivity contribution in [3.63, 3.8) is 0 Å². The third-order valence-electron chi connectivity index (χ3n) is 2.31. The predicted octanol–water partition coefficient (Wildman–Crippen LogP) is 0.967. The van der Waals surface area contributed by atoms with Crippen LogP contribution in [0.4, 0.5) is 0 Å². The highest BCUT2D eigenvalue weighted by atomic mass is 32.2. The summed E-state index contributed by atoms with van der Waals surface area (Å²) in [4.78, 5) is 0. The third kappa shape index (κ3) is 6.41. The maximum atomic E-state index is 10.9. The number of hydrogen-bond donors (Lipinski definition) is 1. The van der Waals surface area contributed by atoms with Gasteiger partial charge in [0.1, 0.15) is 9.84 Å². The van der Waals surface area contributed by atoms with Crippen LogP contribution >= 0.6 is 0 Å². The summed E-state index contributed by atoms with van der Waals surface area (Å²) in [5, 5.41) is 3.10. The van der Waals surface area contributed by atoms with Crippen LogP contribution in [0.5, 0.6) is 0 Å². The molecule has 0 saturated heterocycles. The first kappa shape index (κ1) is 14.2. The predicted molar refractivity (Wildman–Crippen MR) is 68.6 cm³/mol. The molecule has 4 nitrogen and oxygen atoms in total. The minimum atomic E-state index is -2.87. The lowest BCUT2D eigenvalue weighted by atomic mass is 10.1. The van der Waals surface area contributed by atoms with Gasteiger partial charge >= 0.3 is 0 Å². The minimum absolute atomic E-state index is 0.175. The Morgan fingerprint density at radius 3 is 2.29 bits per heavy atom. The molecular formula is C12H19NO3S. The molecule has 0 bridgehead atoms. The van der Waals surface area contributed by atoms with Crippen LogP contribution in [-0.2, 0) is 27.7 Å². The Hall–Kier alpha value is -0.910. The second-order valence-corrected chi connectivity index (χ2v) is 6.32. The number of methoxy groups -OCH3 is 1. The Labute approximate surface area is 103 Å². The normalized spacial score (nSPS) is 11.6. The molecule has 0 radical (unpaired) electrons. The molecule has 17 heavy (non-hydrogen) atoms. The van der Waals surface area contributed by atoms with Gasteiger partial charge in [-0.1, -0.05) is 24.3 Å². The van der Waals surface area contributed by atoms with Crippen LogP contribution in [0.3, 0.4) is 0 Å². The van der Waals surface area contributed by atoms with E-state index in [2.05, 4.69) is 5.32 Å². The highest BCUT2D eigenvalue weighted by Crippen LogP contribution is 2.05. The van der Waals surface area contributed by atoms with Crippen molar-refractivity contribution in [1.82, 2.24) is 5.32 Å². The van der Waals surface area contributed by atoms with E-state index in [1.54, 1.807) is 7.11 Å². The Kier molecular flexibility index (Phi) is 5.61. The Morgan fingerprint density at radius 2 is 1.76 bits per heavy atom. The lowest BCUT2D eigenvalue weighted by Crippen LogP contribution is -2.21. The second-order valence-electron chi connectivity index (χ2n) is 4.06. The van der Waals surface area contributed by atoms with Crippen molar-refractivity contribution in [3.8, 4) is 0 Å². The summed E-state index contributed by atoms with van der Waals surface area (Å²) in [5.41, 5.74) is 2.27. The first-order valence-corrected chi connectivity index (χ1v) is 7.52. The summed E-state index contributed by atoms with van der Waals surface area (Å²) < 4.78 is 26.8. The van der Waals surface area contributed by atoms with Gasteiger partial charge in [-0.15, -0.1) is 0 Å². The minimum Gasteiger partial charge on any atom is -0.380 e. The first-order valence-electron chi connectivity index (χ1n) is 5.46. The van der Waals surface area contributed by atoms with Crippen molar-refractivity contribution >= 4 is 9.84 Å². The summed E-state index contributed by atoms with van der Waals surface area (Å²) in [7, 11) is -1.20. The van der Waals surface area contributed by atoms with Gasteiger partial charge in [0, 0.05) is 26.5 Å². The van der Waals surface area contributed by atoms with Crippen LogP contribution in [0.2, 0.25) is 0 Å². The molecule has 1 N–H and O–H groups in total. The molecule has 1 aromatic carbocycles. The topological polar surface area (TPSA) is 55.4 Å². The van der Waals surface area contributed by atoms with Crippen molar-refractivity contribution in [2.24, 2.45) is 0 Å². The van der Waals surface area contributed by atoms with E-state index < -0.39 is 9.84 Å². The van der Waals surface area contributed by atoms with Crippen LogP contribution in [0.15, 0.2) is 24.3 Å². The van der Waals surface area contributed by atoms with Crippen LogP contribution < -0.4 is 5.32 Å². The van der Waals surface area contributed by atoms with Crippen LogP contribution in [-0.4, -0.2) is 34.1 Å². The number of nitrogens with one attached hydrogen (secondary N) is 1. The molecular weight excluding hydrogens is 238 g/mol. The van der Waals surface area contributed by atoms with Gasteiger partial charge in [0.2, 0.25) is 0 Å². The summed E-state index contributed by atoms with van der Waals surface area (Å²) in [6.45, 7) is 1.78. The number of rotatable bonds is 7. The Bertz CT molecular complexity index is 426. The molecule has 0 unspecified atom stereocenters. The summed E-state index contributed by atoms with van der Waals surface area (Å²) in [5.74, 6) is 0.175. The highest BCUT2D eigenvalue weighted by Gasteiger charge is 2.00. The summed E-state index contributed by atoms with van der Waals surface area (Å²) in [6.07, 6.45) is 1.24. The fraction of sp³-hybridized carbons (Fsp3) is 0.500. The van der Waals surface area contributed by atoms with Crippen molar-refractivity contribution in [3.05, 3.63) is 35.4 Å². The van der Waals surface area contributed by atoms with Crippen LogP contribution in [0.25, 0.3) is 0 Å². The van der Waals surface area contributed by atoms with Crippen LogP contribution in [0, 0.1) is 0 Å². The molecule has 0 spiro atoms. The molecule has 1 aromatic rings. The first-order chi connectivity index (χ1) is 8.01. The van der Waals surface area contributed by atoms with Gasteiger partial charge in [-0.25, -0.2) is 8.42 Å². The largest absolute Gasteiger partial charge is 0.380 e. The van der Waals surface area contributed by atoms with Gasteiger partial charge in [0.25, 0.3) is 0 Å². The van der Waals surface area contributed by atoms with E-state index in [9.17, 15) is 8.42 Å². The molecule has 0 aliphatic rings. The van der Waals surface area contributed by atoms with E-state index in [-0.39, 0.29) is 5.75 Å². The average molecular weight is 257 g/mol. The van der Waals surface area contributed by atoms with E-state index in [4.69, 9.17) is 4.74 Å². The molecule has 1 rings (SSSR count). The zero-order chi connectivity index (χ0) is 12.7. The lowest BCUT2D eigenvalue weighted by molar-refractivity contribution is 0.185. The fourth-order valence-corrected chi connectivity index (χ4v) is 1.93. The third-order valence-corrected chi connectivity index (χ3v) is 3.26. The maximum absolute atomic E-state index is 10.9. The number of ether oxygens (including phenoxy) is 1. The SMILES string of the molecule is COCc1ccc(CNCCS(C)(=O)=O)cc1. The van der Waals surface area contributed by atoms with E-state index in [1.165, 1.54) is 6.26 Å². The Morgan fingerprint density at radius 1 is 1.18 bits per heavy atom. The van der Waals surface area contributed by atoms with Gasteiger partial charge in [-0.2, -0.15) is 0 Å². The molecule has 96 valence electrons. The standard InChI is InChI=1S/C12H19NO3S/c1-16-10-12-5-3-11(4-6-12)9-13-7-8-17(2,14)15/h3-6,13H,7-10H2,1-2H3. The molecule has 0 aromatic heterocycles. The molecule has 0 aliphatic heterocycles. The Balaban J connectivity index is 2.32. The zero-order valence-corrected chi connectivity index (χ0v) is 11.1. The van der Waals surface area contributed by atoms with Crippen LogP contribution in [0.1, 0.15) is 11.1 Å².